The first-order chi connectivity index (χ1) is 14.7. The first kappa shape index (κ1) is 21.1. The number of sulfonamides is 1. The van der Waals surface area contributed by atoms with Gasteiger partial charge in [-0.25, -0.2) is 13.2 Å². The normalized spacial score (nSPS) is 15.5. The molecule has 0 fully saturated rings. The molecule has 7 nitrogen and oxygen atoms in total. The number of aromatic carboxylic acids is 1. The molecule has 0 saturated heterocycles. The van der Waals surface area contributed by atoms with Crippen LogP contribution in [-0.4, -0.2) is 31.4 Å². The van der Waals surface area contributed by atoms with Gasteiger partial charge in [0.1, 0.15) is 4.88 Å². The van der Waals surface area contributed by atoms with E-state index in [4.69, 9.17) is 0 Å². The third-order valence-electron chi connectivity index (χ3n) is 5.15. The summed E-state index contributed by atoms with van der Waals surface area (Å²) in [5, 5.41) is 12.2. The van der Waals surface area contributed by atoms with E-state index >= 15 is 0 Å². The van der Waals surface area contributed by atoms with Gasteiger partial charge >= 0.3 is 5.97 Å². The first-order valence-corrected chi connectivity index (χ1v) is 11.8. The van der Waals surface area contributed by atoms with Gasteiger partial charge in [-0.05, 0) is 61.7 Å². The Kier molecular flexibility index (Phi) is 5.32. The molecule has 1 unspecified atom stereocenters. The van der Waals surface area contributed by atoms with Crippen LogP contribution < -0.4 is 9.62 Å². The molecule has 1 aliphatic rings. The van der Waals surface area contributed by atoms with E-state index in [2.05, 4.69) is 5.32 Å². The minimum atomic E-state index is -3.87. The molecule has 1 aromatic heterocycles. The van der Waals surface area contributed by atoms with Gasteiger partial charge in [-0.1, -0.05) is 24.3 Å². The standard InChI is InChI=1S/C22H20N2O5S2/c1-13-10-19(30-20(13)22(26)27)23-21(25)16-7-5-8-17(12-16)31(28,29)24-14(2)11-15-6-3-4-9-18(15)24/h3-10,12,14H,11H2,1-2H3,(H,23,25)(H,26,27). The van der Waals surface area contributed by atoms with Crippen LogP contribution in [-0.2, 0) is 16.4 Å². The highest BCUT2D eigenvalue weighted by Gasteiger charge is 2.36. The van der Waals surface area contributed by atoms with Crippen molar-refractivity contribution in [3.63, 3.8) is 0 Å². The van der Waals surface area contributed by atoms with Crippen molar-refractivity contribution < 1.29 is 23.1 Å². The number of fused-ring (bicyclic) bond motifs is 1. The lowest BCUT2D eigenvalue weighted by Crippen LogP contribution is -2.35. The van der Waals surface area contributed by atoms with Crippen molar-refractivity contribution in [1.82, 2.24) is 0 Å². The van der Waals surface area contributed by atoms with Crippen molar-refractivity contribution in [2.45, 2.75) is 31.2 Å². The number of para-hydroxylation sites is 1. The van der Waals surface area contributed by atoms with Gasteiger partial charge in [-0.15, -0.1) is 11.3 Å². The SMILES string of the molecule is Cc1cc(NC(=O)c2cccc(S(=O)(=O)N3c4ccccc4CC3C)c2)sc1C(=O)O. The Bertz CT molecular complexity index is 1300. The Hall–Kier alpha value is -3.17. The van der Waals surface area contributed by atoms with E-state index in [0.29, 0.717) is 22.7 Å². The quantitative estimate of drug-likeness (QED) is 0.600. The van der Waals surface area contributed by atoms with Crippen LogP contribution in [0.4, 0.5) is 10.7 Å². The van der Waals surface area contributed by atoms with Crippen LogP contribution >= 0.6 is 11.3 Å². The molecule has 2 N–H and O–H groups in total. The number of hydrogen-bond acceptors (Lipinski definition) is 5. The number of anilines is 2. The molecule has 9 heteroatoms. The topological polar surface area (TPSA) is 104 Å². The lowest BCUT2D eigenvalue weighted by Gasteiger charge is -2.24. The second-order valence-electron chi connectivity index (χ2n) is 7.39. The molecule has 31 heavy (non-hydrogen) atoms. The number of nitrogens with one attached hydrogen (secondary N) is 1. The summed E-state index contributed by atoms with van der Waals surface area (Å²) < 4.78 is 28.2. The molecule has 0 aliphatic carbocycles. The molecule has 1 amide bonds. The number of carbonyl (C=O) groups excluding carboxylic acids is 1. The predicted octanol–water partition coefficient (Wildman–Crippen LogP) is 4.15. The van der Waals surface area contributed by atoms with Gasteiger partial charge < -0.3 is 10.4 Å². The van der Waals surface area contributed by atoms with Crippen molar-refractivity contribution in [2.75, 3.05) is 9.62 Å². The fourth-order valence-electron chi connectivity index (χ4n) is 3.75. The maximum atomic E-state index is 13.4. The number of amides is 1. The van der Waals surface area contributed by atoms with E-state index in [0.717, 1.165) is 16.9 Å². The van der Waals surface area contributed by atoms with E-state index < -0.39 is 21.9 Å². The number of carboxylic acid groups (broad SMARTS) is 1. The fraction of sp³-hybridized carbons (Fsp3) is 0.182. The van der Waals surface area contributed by atoms with Crippen LogP contribution in [0.5, 0.6) is 0 Å². The average molecular weight is 457 g/mol. The molecular weight excluding hydrogens is 436 g/mol. The lowest BCUT2D eigenvalue weighted by molar-refractivity contribution is 0.0701. The van der Waals surface area contributed by atoms with Crippen molar-refractivity contribution in [2.24, 2.45) is 0 Å². The summed E-state index contributed by atoms with van der Waals surface area (Å²) in [5.74, 6) is -1.57. The monoisotopic (exact) mass is 456 g/mol. The molecule has 0 radical (unpaired) electrons. The van der Waals surface area contributed by atoms with Gasteiger partial charge in [0.15, 0.2) is 0 Å². The highest BCUT2D eigenvalue weighted by molar-refractivity contribution is 7.92. The Morgan fingerprint density at radius 1 is 1.13 bits per heavy atom. The highest BCUT2D eigenvalue weighted by atomic mass is 32.2. The summed E-state index contributed by atoms with van der Waals surface area (Å²) >= 11 is 0.955. The smallest absolute Gasteiger partial charge is 0.346 e. The zero-order valence-electron chi connectivity index (χ0n) is 16.8. The van der Waals surface area contributed by atoms with Gasteiger partial charge in [-0.2, -0.15) is 0 Å². The molecular formula is C22H20N2O5S2. The summed E-state index contributed by atoms with van der Waals surface area (Å²) in [5.41, 5.74) is 2.34. The molecule has 2 aromatic carbocycles. The van der Waals surface area contributed by atoms with Gasteiger partial charge in [0.25, 0.3) is 15.9 Å². The number of benzene rings is 2. The molecule has 2 heterocycles. The van der Waals surface area contributed by atoms with Crippen LogP contribution in [0.3, 0.4) is 0 Å². The number of nitrogens with zero attached hydrogens (tertiary/aromatic N) is 1. The van der Waals surface area contributed by atoms with Crippen LogP contribution in [0.2, 0.25) is 0 Å². The largest absolute Gasteiger partial charge is 0.477 e. The summed E-state index contributed by atoms with van der Waals surface area (Å²) in [6.07, 6.45) is 0.624. The summed E-state index contributed by atoms with van der Waals surface area (Å²) in [6, 6.07) is 14.6. The molecule has 1 aliphatic heterocycles. The number of hydrogen-bond donors (Lipinski definition) is 2. The van der Waals surface area contributed by atoms with E-state index in [1.165, 1.54) is 28.6 Å². The van der Waals surface area contributed by atoms with E-state index in [1.54, 1.807) is 25.1 Å². The van der Waals surface area contributed by atoms with Crippen LogP contribution in [0.25, 0.3) is 0 Å². The van der Waals surface area contributed by atoms with Gasteiger partial charge in [-0.3, -0.25) is 9.10 Å². The maximum Gasteiger partial charge on any atom is 0.346 e. The molecule has 3 aromatic rings. The third kappa shape index (κ3) is 3.82. The lowest BCUT2D eigenvalue weighted by atomic mass is 10.1. The molecule has 4 rings (SSSR count). The maximum absolute atomic E-state index is 13.4. The van der Waals surface area contributed by atoms with Crippen LogP contribution in [0, 0.1) is 6.92 Å². The van der Waals surface area contributed by atoms with E-state index in [1.807, 2.05) is 19.1 Å². The number of rotatable bonds is 5. The number of thiophene rings is 1. The van der Waals surface area contributed by atoms with Crippen molar-refractivity contribution in [3.05, 3.63) is 76.2 Å². The van der Waals surface area contributed by atoms with Gasteiger partial charge in [0, 0.05) is 11.6 Å². The minimum absolute atomic E-state index is 0.0253. The zero-order valence-corrected chi connectivity index (χ0v) is 18.5. The van der Waals surface area contributed by atoms with Crippen LogP contribution in [0.1, 0.15) is 38.1 Å². The molecule has 0 saturated carbocycles. The predicted molar refractivity (Wildman–Crippen MR) is 120 cm³/mol. The number of carbonyl (C=O) groups is 2. The summed E-state index contributed by atoms with van der Waals surface area (Å²) in [6.45, 7) is 3.51. The zero-order chi connectivity index (χ0) is 22.3. The molecule has 1 atom stereocenters. The molecule has 0 spiro atoms. The van der Waals surface area contributed by atoms with Crippen LogP contribution in [0.15, 0.2) is 59.5 Å². The second-order valence-corrected chi connectivity index (χ2v) is 10.3. The second kappa shape index (κ2) is 7.82. The fourth-order valence-corrected chi connectivity index (χ4v) is 6.40. The van der Waals surface area contributed by atoms with Crippen molar-refractivity contribution in [3.8, 4) is 0 Å². The van der Waals surface area contributed by atoms with E-state index in [-0.39, 0.29) is 21.4 Å². The summed E-state index contributed by atoms with van der Waals surface area (Å²) in [7, 11) is -3.87. The third-order valence-corrected chi connectivity index (χ3v) is 8.21. The number of aryl methyl sites for hydroxylation is 1. The Labute approximate surface area is 184 Å². The van der Waals surface area contributed by atoms with Crippen molar-refractivity contribution >= 4 is 43.9 Å². The van der Waals surface area contributed by atoms with Gasteiger partial charge in [0.05, 0.1) is 15.6 Å². The van der Waals surface area contributed by atoms with E-state index in [9.17, 15) is 23.1 Å². The molecule has 0 bridgehead atoms. The van der Waals surface area contributed by atoms with Gasteiger partial charge in [0.2, 0.25) is 0 Å². The Morgan fingerprint density at radius 3 is 2.58 bits per heavy atom. The summed E-state index contributed by atoms with van der Waals surface area (Å²) in [4.78, 5) is 24.1. The number of carboxylic acids is 1. The Morgan fingerprint density at radius 2 is 1.87 bits per heavy atom. The van der Waals surface area contributed by atoms with Crippen molar-refractivity contribution in [1.29, 1.82) is 0 Å². The highest BCUT2D eigenvalue weighted by Crippen LogP contribution is 2.36. The first-order valence-electron chi connectivity index (χ1n) is 9.56. The molecule has 160 valence electrons. The average Bonchev–Trinajstić information content (AvgIpc) is 3.26. The Balaban J connectivity index is 1.63. The minimum Gasteiger partial charge on any atom is -0.477 e.